The van der Waals surface area contributed by atoms with Crippen LogP contribution < -0.4 is 21.3 Å². The molecule has 1 aromatic carbocycles. The smallest absolute Gasteiger partial charge is 0.277 e. The van der Waals surface area contributed by atoms with Crippen molar-refractivity contribution in [1.82, 2.24) is 21.3 Å². The van der Waals surface area contributed by atoms with Gasteiger partial charge < -0.3 is 0 Å². The number of barbiturate groups is 2. The molecule has 0 aromatic heterocycles. The molecular formula is C16H16N4O6. The zero-order chi connectivity index (χ0) is 19.3. The van der Waals surface area contributed by atoms with Gasteiger partial charge in [-0.1, -0.05) is 37.3 Å². The summed E-state index contributed by atoms with van der Waals surface area (Å²) in [5, 5.41) is 8.08. The van der Waals surface area contributed by atoms with Crippen molar-refractivity contribution in [3.8, 4) is 0 Å². The first-order chi connectivity index (χ1) is 12.3. The van der Waals surface area contributed by atoms with Crippen molar-refractivity contribution in [2.75, 3.05) is 0 Å². The molecule has 8 amide bonds. The predicted molar refractivity (Wildman–Crippen MR) is 86.4 cm³/mol. The average Bonchev–Trinajstić information content (AvgIpc) is 2.55. The van der Waals surface area contributed by atoms with E-state index in [9.17, 15) is 28.8 Å². The Balaban J connectivity index is 0.000000228. The van der Waals surface area contributed by atoms with Crippen LogP contribution in [0.1, 0.15) is 25.3 Å². The molecule has 2 fully saturated rings. The number of carbonyl (C=O) groups excluding carboxylic acids is 6. The van der Waals surface area contributed by atoms with Gasteiger partial charge in [-0.2, -0.15) is 0 Å². The number of benzene rings is 1. The summed E-state index contributed by atoms with van der Waals surface area (Å²) in [5.41, 5.74) is -0.722. The summed E-state index contributed by atoms with van der Waals surface area (Å²) in [6.07, 6.45) is 0.0354. The van der Waals surface area contributed by atoms with Gasteiger partial charge in [0.2, 0.25) is 23.6 Å². The van der Waals surface area contributed by atoms with E-state index in [1.807, 2.05) is 10.6 Å². The molecule has 10 nitrogen and oxygen atoms in total. The number of carbonyl (C=O) groups is 6. The highest BCUT2D eigenvalue weighted by atomic mass is 16.2. The molecule has 4 N–H and O–H groups in total. The fraction of sp³-hybridized carbons (Fsp3) is 0.250. The molecule has 1 aromatic rings. The van der Waals surface area contributed by atoms with Crippen LogP contribution >= 0.6 is 0 Å². The van der Waals surface area contributed by atoms with Crippen molar-refractivity contribution in [1.29, 1.82) is 0 Å². The van der Waals surface area contributed by atoms with E-state index in [0.717, 1.165) is 0 Å². The number of amides is 8. The Morgan fingerprint density at radius 2 is 1.23 bits per heavy atom. The zero-order valence-corrected chi connectivity index (χ0v) is 13.8. The van der Waals surface area contributed by atoms with Gasteiger partial charge in [-0.25, -0.2) is 9.59 Å². The summed E-state index contributed by atoms with van der Waals surface area (Å²) in [7, 11) is 0. The molecule has 2 saturated heterocycles. The molecule has 2 aliphatic rings. The Bertz CT molecular complexity index is 724. The van der Waals surface area contributed by atoms with Crippen molar-refractivity contribution >= 4 is 35.7 Å². The van der Waals surface area contributed by atoms with E-state index < -0.39 is 41.1 Å². The van der Waals surface area contributed by atoms with E-state index in [1.165, 1.54) is 0 Å². The molecule has 10 heteroatoms. The quantitative estimate of drug-likeness (QED) is 0.519. The Kier molecular flexibility index (Phi) is 5.45. The van der Waals surface area contributed by atoms with Gasteiger partial charge in [0.05, 0.1) is 0 Å². The van der Waals surface area contributed by atoms with Crippen molar-refractivity contribution in [2.24, 2.45) is 0 Å². The van der Waals surface area contributed by atoms with Gasteiger partial charge in [-0.3, -0.25) is 40.4 Å². The minimum atomic E-state index is -1.31. The number of nitrogens with one attached hydrogen (secondary N) is 4. The van der Waals surface area contributed by atoms with Gasteiger partial charge in [-0.15, -0.1) is 0 Å². The normalized spacial score (nSPS) is 18.7. The molecule has 0 unspecified atom stereocenters. The fourth-order valence-corrected chi connectivity index (χ4v) is 2.58. The highest BCUT2D eigenvalue weighted by molar-refractivity contribution is 6.22. The molecule has 0 aliphatic carbocycles. The van der Waals surface area contributed by atoms with Crippen molar-refractivity contribution in [2.45, 2.75) is 25.2 Å². The minimum absolute atomic E-state index is 0.258. The van der Waals surface area contributed by atoms with Crippen LogP contribution in [0, 0.1) is 0 Å². The Labute approximate surface area is 147 Å². The Hall–Kier alpha value is -3.56. The van der Waals surface area contributed by atoms with Gasteiger partial charge in [0.25, 0.3) is 0 Å². The van der Waals surface area contributed by atoms with Crippen LogP contribution in [0.25, 0.3) is 0 Å². The van der Waals surface area contributed by atoms with Crippen LogP contribution in [0.2, 0.25) is 0 Å². The lowest BCUT2D eigenvalue weighted by Gasteiger charge is -2.33. The van der Waals surface area contributed by atoms with Crippen LogP contribution in [0.3, 0.4) is 0 Å². The summed E-state index contributed by atoms with van der Waals surface area (Å²) >= 11 is 0. The monoisotopic (exact) mass is 360 g/mol. The second kappa shape index (κ2) is 7.55. The molecule has 0 spiro atoms. The summed E-state index contributed by atoms with van der Waals surface area (Å²) < 4.78 is 0. The molecule has 2 heterocycles. The summed E-state index contributed by atoms with van der Waals surface area (Å²) in [5.74, 6) is -2.24. The first kappa shape index (κ1) is 18.8. The third kappa shape index (κ3) is 3.74. The maximum atomic E-state index is 12.0. The lowest BCUT2D eigenvalue weighted by Crippen LogP contribution is -2.64. The van der Waals surface area contributed by atoms with E-state index in [1.54, 1.807) is 37.3 Å². The average molecular weight is 360 g/mol. The van der Waals surface area contributed by atoms with Crippen molar-refractivity contribution < 1.29 is 28.8 Å². The summed E-state index contributed by atoms with van der Waals surface area (Å²) in [6.45, 7) is 1.74. The molecule has 3 rings (SSSR count). The molecule has 2 aliphatic heterocycles. The number of hydrogen-bond acceptors (Lipinski definition) is 6. The SMILES string of the molecule is CCC1(c2ccccc2)C(=O)NC(=O)NC1=O.O=C1CC(=O)NC(=O)N1. The van der Waals surface area contributed by atoms with Crippen LogP contribution in [-0.2, 0) is 24.6 Å². The highest BCUT2D eigenvalue weighted by Crippen LogP contribution is 2.30. The van der Waals surface area contributed by atoms with Gasteiger partial charge >= 0.3 is 12.1 Å². The first-order valence-electron chi connectivity index (χ1n) is 7.65. The zero-order valence-electron chi connectivity index (χ0n) is 13.8. The van der Waals surface area contributed by atoms with Crippen molar-refractivity contribution in [3.63, 3.8) is 0 Å². The van der Waals surface area contributed by atoms with E-state index >= 15 is 0 Å². The number of rotatable bonds is 2. The number of hydrogen-bond donors (Lipinski definition) is 4. The highest BCUT2D eigenvalue weighted by Gasteiger charge is 2.50. The molecule has 136 valence electrons. The van der Waals surface area contributed by atoms with E-state index in [4.69, 9.17) is 0 Å². The maximum Gasteiger partial charge on any atom is 0.328 e. The third-order valence-electron chi connectivity index (χ3n) is 3.85. The minimum Gasteiger partial charge on any atom is -0.277 e. The molecule has 0 atom stereocenters. The molecule has 0 radical (unpaired) electrons. The van der Waals surface area contributed by atoms with Crippen LogP contribution in [-0.4, -0.2) is 35.7 Å². The summed E-state index contributed by atoms with van der Waals surface area (Å²) in [6, 6.07) is 7.22. The lowest BCUT2D eigenvalue weighted by atomic mass is 9.75. The standard InChI is InChI=1S/C12H12N2O3.C4H4N2O3/c1-2-12(8-6-4-3-5-7-8)9(15)13-11(17)14-10(12)16;7-2-1-3(8)6-4(9)5-2/h3-7H,2H2,1H3,(H2,13,14,15,16,17);1H2,(H2,5,6,7,8,9). The number of imide groups is 4. The van der Waals surface area contributed by atoms with E-state index in [0.29, 0.717) is 12.0 Å². The van der Waals surface area contributed by atoms with Gasteiger partial charge in [-0.05, 0) is 12.0 Å². The number of urea groups is 2. The van der Waals surface area contributed by atoms with E-state index in [-0.39, 0.29) is 6.42 Å². The predicted octanol–water partition coefficient (Wildman–Crippen LogP) is -0.557. The summed E-state index contributed by atoms with van der Waals surface area (Å²) in [4.78, 5) is 65.8. The lowest BCUT2D eigenvalue weighted by molar-refractivity contribution is -0.139. The maximum absolute atomic E-state index is 12.0. The van der Waals surface area contributed by atoms with Gasteiger partial charge in [0.15, 0.2) is 5.41 Å². The third-order valence-corrected chi connectivity index (χ3v) is 3.85. The van der Waals surface area contributed by atoms with Crippen LogP contribution in [0.4, 0.5) is 9.59 Å². The Morgan fingerprint density at radius 1 is 0.769 bits per heavy atom. The Morgan fingerprint density at radius 3 is 1.65 bits per heavy atom. The molecule has 26 heavy (non-hydrogen) atoms. The van der Waals surface area contributed by atoms with Crippen LogP contribution in [0.15, 0.2) is 30.3 Å². The van der Waals surface area contributed by atoms with Crippen molar-refractivity contribution in [3.05, 3.63) is 35.9 Å². The second-order valence-electron chi connectivity index (χ2n) is 5.46. The molecule has 0 saturated carbocycles. The second-order valence-corrected chi connectivity index (χ2v) is 5.46. The van der Waals surface area contributed by atoms with Crippen LogP contribution in [0.5, 0.6) is 0 Å². The van der Waals surface area contributed by atoms with Gasteiger partial charge in [0.1, 0.15) is 6.42 Å². The largest absolute Gasteiger partial charge is 0.328 e. The first-order valence-corrected chi connectivity index (χ1v) is 7.65. The fourth-order valence-electron chi connectivity index (χ4n) is 2.58. The molecular weight excluding hydrogens is 344 g/mol. The molecule has 0 bridgehead atoms. The van der Waals surface area contributed by atoms with Gasteiger partial charge in [0, 0.05) is 0 Å². The van der Waals surface area contributed by atoms with E-state index in [2.05, 4.69) is 10.6 Å². The topological polar surface area (TPSA) is 151 Å².